The van der Waals surface area contributed by atoms with Crippen LogP contribution in [0.25, 0.3) is 11.1 Å². The van der Waals surface area contributed by atoms with Crippen molar-refractivity contribution in [3.63, 3.8) is 0 Å². The van der Waals surface area contributed by atoms with Crippen LogP contribution in [0.2, 0.25) is 0 Å². The fourth-order valence-electron chi connectivity index (χ4n) is 5.92. The van der Waals surface area contributed by atoms with Crippen molar-refractivity contribution in [1.29, 1.82) is 0 Å². The second-order valence-corrected chi connectivity index (χ2v) is 9.79. The van der Waals surface area contributed by atoms with E-state index in [9.17, 15) is 19.5 Å². The largest absolute Gasteiger partial charge is 0.479 e. The number of carboxylic acid groups (broad SMARTS) is 1. The summed E-state index contributed by atoms with van der Waals surface area (Å²) >= 11 is 0. The molecule has 3 aliphatic carbocycles. The van der Waals surface area contributed by atoms with Crippen molar-refractivity contribution in [3.8, 4) is 11.1 Å². The van der Waals surface area contributed by atoms with Crippen LogP contribution in [-0.4, -0.2) is 52.7 Å². The lowest BCUT2D eigenvalue weighted by atomic mass is 9.74. The highest BCUT2D eigenvalue weighted by atomic mass is 16.5. The van der Waals surface area contributed by atoms with E-state index in [1.807, 2.05) is 24.3 Å². The number of likely N-dealkylation sites (N-methyl/N-ethyl adjacent to an activating group) is 1. The normalized spacial score (nSPS) is 19.4. The predicted molar refractivity (Wildman–Crippen MR) is 126 cm³/mol. The second-order valence-electron chi connectivity index (χ2n) is 9.79. The number of carbonyl (C=O) groups is 3. The van der Waals surface area contributed by atoms with Crippen LogP contribution < -0.4 is 5.32 Å². The number of aliphatic carboxylic acids is 1. The Morgan fingerprint density at radius 3 is 2.00 bits per heavy atom. The zero-order valence-corrected chi connectivity index (χ0v) is 19.4. The highest BCUT2D eigenvalue weighted by Crippen LogP contribution is 2.45. The number of nitrogens with one attached hydrogen (secondary N) is 1. The maximum Gasteiger partial charge on any atom is 0.408 e. The predicted octanol–water partition coefficient (Wildman–Crippen LogP) is 4.30. The highest BCUT2D eigenvalue weighted by molar-refractivity contribution is 5.95. The summed E-state index contributed by atoms with van der Waals surface area (Å²) in [4.78, 5) is 39.8. The molecule has 2 N–H and O–H groups in total. The molecule has 0 saturated heterocycles. The molecule has 0 bridgehead atoms. The first-order chi connectivity index (χ1) is 16.4. The van der Waals surface area contributed by atoms with Gasteiger partial charge in [-0.05, 0) is 54.4 Å². The van der Waals surface area contributed by atoms with Crippen LogP contribution in [0.1, 0.15) is 62.0 Å². The molecule has 7 nitrogen and oxygen atoms in total. The molecular formula is C27H30N2O5. The van der Waals surface area contributed by atoms with E-state index >= 15 is 0 Å². The first kappa shape index (κ1) is 22.4. The van der Waals surface area contributed by atoms with Gasteiger partial charge >= 0.3 is 12.1 Å². The van der Waals surface area contributed by atoms with E-state index < -0.39 is 23.1 Å². The van der Waals surface area contributed by atoms with Crippen LogP contribution in [0.3, 0.4) is 0 Å². The van der Waals surface area contributed by atoms with E-state index in [-0.39, 0.29) is 18.4 Å². The van der Waals surface area contributed by atoms with E-state index in [1.54, 1.807) is 7.05 Å². The minimum absolute atomic E-state index is 0.0682. The lowest BCUT2D eigenvalue weighted by Gasteiger charge is -2.47. The number of carboxylic acids is 1. The summed E-state index contributed by atoms with van der Waals surface area (Å²) < 4.78 is 5.69. The summed E-state index contributed by atoms with van der Waals surface area (Å²) in [6.07, 6.45) is 3.57. The first-order valence-electron chi connectivity index (χ1n) is 12.0. The maximum atomic E-state index is 13.5. The Morgan fingerprint density at radius 1 is 0.941 bits per heavy atom. The van der Waals surface area contributed by atoms with E-state index in [0.717, 1.165) is 41.5 Å². The molecule has 5 rings (SSSR count). The number of carbonyl (C=O) groups excluding carboxylic acids is 2. The number of ether oxygens (including phenoxy) is 1. The van der Waals surface area contributed by atoms with Gasteiger partial charge in [0.05, 0.1) is 0 Å². The zero-order chi connectivity index (χ0) is 23.9. The van der Waals surface area contributed by atoms with Gasteiger partial charge in [0.25, 0.3) is 0 Å². The van der Waals surface area contributed by atoms with Crippen molar-refractivity contribution < 1.29 is 24.2 Å². The fourth-order valence-corrected chi connectivity index (χ4v) is 5.92. The molecule has 2 aromatic carbocycles. The van der Waals surface area contributed by atoms with Gasteiger partial charge in [0, 0.05) is 13.0 Å². The molecule has 2 saturated carbocycles. The fraction of sp³-hybridized carbons (Fsp3) is 0.444. The molecule has 34 heavy (non-hydrogen) atoms. The van der Waals surface area contributed by atoms with Crippen molar-refractivity contribution >= 4 is 18.0 Å². The smallest absolute Gasteiger partial charge is 0.408 e. The van der Waals surface area contributed by atoms with Crippen LogP contribution in [0.15, 0.2) is 48.5 Å². The SMILES string of the molecule is CN(C(=O)C1(NC(=O)OCC2c3ccccc3-c3ccccc32)CCCC1)C1(C(=O)O)CCC1. The van der Waals surface area contributed by atoms with Crippen molar-refractivity contribution in [2.45, 2.75) is 61.9 Å². The maximum absolute atomic E-state index is 13.5. The molecule has 2 fully saturated rings. The van der Waals surface area contributed by atoms with Crippen molar-refractivity contribution in [2.75, 3.05) is 13.7 Å². The van der Waals surface area contributed by atoms with Gasteiger partial charge in [0.15, 0.2) is 0 Å². The van der Waals surface area contributed by atoms with Crippen molar-refractivity contribution in [3.05, 3.63) is 59.7 Å². The summed E-state index contributed by atoms with van der Waals surface area (Å²) in [7, 11) is 1.55. The zero-order valence-electron chi connectivity index (χ0n) is 19.4. The number of fused-ring (bicyclic) bond motifs is 3. The van der Waals surface area contributed by atoms with Gasteiger partial charge in [-0.2, -0.15) is 0 Å². The van der Waals surface area contributed by atoms with Crippen LogP contribution in [0, 0.1) is 0 Å². The lowest BCUT2D eigenvalue weighted by molar-refractivity contribution is -0.166. The summed E-state index contributed by atoms with van der Waals surface area (Å²) in [5, 5.41) is 12.6. The monoisotopic (exact) mass is 462 g/mol. The molecule has 0 radical (unpaired) electrons. The van der Waals surface area contributed by atoms with Crippen LogP contribution in [-0.2, 0) is 14.3 Å². The van der Waals surface area contributed by atoms with Gasteiger partial charge < -0.3 is 20.1 Å². The molecule has 0 unspecified atom stereocenters. The second kappa shape index (κ2) is 8.46. The Labute approximate surface area is 199 Å². The molecular weight excluding hydrogens is 432 g/mol. The molecule has 7 heteroatoms. The Morgan fingerprint density at radius 2 is 1.50 bits per heavy atom. The van der Waals surface area contributed by atoms with Gasteiger partial charge in [0.1, 0.15) is 17.7 Å². The lowest BCUT2D eigenvalue weighted by Crippen LogP contribution is -2.66. The molecule has 0 atom stereocenters. The summed E-state index contributed by atoms with van der Waals surface area (Å²) in [6, 6.07) is 16.2. The Kier molecular flexibility index (Phi) is 5.58. The molecule has 178 valence electrons. The number of hydrogen-bond donors (Lipinski definition) is 2. The van der Waals surface area contributed by atoms with E-state index in [1.165, 1.54) is 4.90 Å². The van der Waals surface area contributed by atoms with Gasteiger partial charge in [-0.25, -0.2) is 9.59 Å². The molecule has 2 aromatic rings. The standard InChI is InChI=1S/C27H30N2O5/c1-29(27(24(31)32)15-8-16-27)23(30)26(13-6-7-14-26)28-25(33)34-17-22-20-11-4-2-9-18(20)19-10-3-5-12-21(19)22/h2-5,9-12,22H,6-8,13-17H2,1H3,(H,28,33)(H,31,32). The minimum Gasteiger partial charge on any atom is -0.479 e. The Bertz CT molecular complexity index is 1090. The molecule has 0 spiro atoms. The van der Waals surface area contributed by atoms with E-state index in [2.05, 4.69) is 29.6 Å². The molecule has 0 heterocycles. The van der Waals surface area contributed by atoms with Crippen LogP contribution >= 0.6 is 0 Å². The van der Waals surface area contributed by atoms with Crippen molar-refractivity contribution in [2.24, 2.45) is 0 Å². The average molecular weight is 463 g/mol. The van der Waals surface area contributed by atoms with Crippen molar-refractivity contribution in [1.82, 2.24) is 10.2 Å². The van der Waals surface area contributed by atoms with E-state index in [0.29, 0.717) is 25.7 Å². The van der Waals surface area contributed by atoms with E-state index in [4.69, 9.17) is 4.74 Å². The first-order valence-corrected chi connectivity index (χ1v) is 12.0. The van der Waals surface area contributed by atoms with Gasteiger partial charge in [-0.3, -0.25) is 4.79 Å². The van der Waals surface area contributed by atoms with Gasteiger partial charge in [-0.15, -0.1) is 0 Å². The van der Waals surface area contributed by atoms with Crippen LogP contribution in [0.4, 0.5) is 4.79 Å². The number of benzene rings is 2. The Balaban J connectivity index is 1.31. The third-order valence-corrected chi connectivity index (χ3v) is 8.08. The van der Waals surface area contributed by atoms with Crippen LogP contribution in [0.5, 0.6) is 0 Å². The number of alkyl carbamates (subject to hydrolysis) is 1. The number of amides is 2. The van der Waals surface area contributed by atoms with Gasteiger partial charge in [-0.1, -0.05) is 61.4 Å². The quantitative estimate of drug-likeness (QED) is 0.667. The summed E-state index contributed by atoms with van der Waals surface area (Å²) in [5.74, 6) is -1.38. The molecule has 3 aliphatic rings. The Hall–Kier alpha value is -3.35. The third kappa shape index (κ3) is 3.45. The summed E-state index contributed by atoms with van der Waals surface area (Å²) in [5.41, 5.74) is 2.25. The number of hydrogen-bond acceptors (Lipinski definition) is 4. The van der Waals surface area contributed by atoms with Gasteiger partial charge in [0.2, 0.25) is 5.91 Å². The number of rotatable bonds is 6. The topological polar surface area (TPSA) is 95.9 Å². The highest BCUT2D eigenvalue weighted by Gasteiger charge is 2.55. The number of nitrogens with zero attached hydrogens (tertiary/aromatic N) is 1. The average Bonchev–Trinajstić information content (AvgIpc) is 3.39. The summed E-state index contributed by atoms with van der Waals surface area (Å²) in [6.45, 7) is 0.166. The molecule has 2 amide bonds. The minimum atomic E-state index is -1.17. The third-order valence-electron chi connectivity index (χ3n) is 8.08. The molecule has 0 aliphatic heterocycles. The molecule has 0 aromatic heterocycles.